The molecule has 3 rings (SSSR count). The fraction of sp³-hybridized carbons (Fsp3) is 0.318. The number of amides is 1. The molecule has 1 N–H and O–H groups in total. The summed E-state index contributed by atoms with van der Waals surface area (Å²) in [7, 11) is 1.58. The number of halogens is 3. The Morgan fingerprint density at radius 2 is 1.75 bits per heavy atom. The molecular weight excluding hydrogens is 427 g/mol. The van der Waals surface area contributed by atoms with Crippen molar-refractivity contribution in [3.05, 3.63) is 60.0 Å². The molecule has 0 bridgehead atoms. The number of aromatic nitrogens is 2. The number of aryl methyl sites for hydroxylation is 1. The van der Waals surface area contributed by atoms with Crippen molar-refractivity contribution in [2.24, 2.45) is 0 Å². The number of rotatable bonds is 9. The number of benzene rings is 2. The van der Waals surface area contributed by atoms with Crippen LogP contribution in [0.3, 0.4) is 0 Å². The fourth-order valence-electron chi connectivity index (χ4n) is 2.97. The average molecular weight is 449 g/mol. The number of alkyl halides is 3. The van der Waals surface area contributed by atoms with Gasteiger partial charge in [0, 0.05) is 18.4 Å². The standard InChI is InChI=1S/C22H22F3N3O4/c1-14(15-6-12-18(13-7-15)31-22(23,24)25)26-19(29)4-3-5-20-27-21(28-32-20)16-8-10-17(30-2)11-9-16/h6-14H,3-5H2,1-2H3,(H,26,29). The van der Waals surface area contributed by atoms with E-state index in [1.54, 1.807) is 26.2 Å². The van der Waals surface area contributed by atoms with E-state index in [-0.39, 0.29) is 24.1 Å². The van der Waals surface area contributed by atoms with Gasteiger partial charge in [0.2, 0.25) is 17.6 Å². The minimum absolute atomic E-state index is 0.192. The van der Waals surface area contributed by atoms with Crippen LogP contribution in [-0.4, -0.2) is 29.5 Å². The molecule has 170 valence electrons. The van der Waals surface area contributed by atoms with Crippen molar-refractivity contribution in [3.8, 4) is 22.9 Å². The molecule has 3 aromatic rings. The minimum Gasteiger partial charge on any atom is -0.497 e. The van der Waals surface area contributed by atoms with Crippen molar-refractivity contribution >= 4 is 5.91 Å². The van der Waals surface area contributed by atoms with E-state index in [1.807, 2.05) is 12.1 Å². The van der Waals surface area contributed by atoms with Crippen LogP contribution < -0.4 is 14.8 Å². The number of hydrogen-bond donors (Lipinski definition) is 1. The largest absolute Gasteiger partial charge is 0.573 e. The highest BCUT2D eigenvalue weighted by atomic mass is 19.4. The van der Waals surface area contributed by atoms with Crippen molar-refractivity contribution in [1.29, 1.82) is 0 Å². The Balaban J connectivity index is 1.44. The molecule has 0 fully saturated rings. The second-order valence-electron chi connectivity index (χ2n) is 7.00. The zero-order valence-corrected chi connectivity index (χ0v) is 17.5. The first-order valence-corrected chi connectivity index (χ1v) is 9.85. The van der Waals surface area contributed by atoms with E-state index in [4.69, 9.17) is 9.26 Å². The number of ether oxygens (including phenoxy) is 2. The van der Waals surface area contributed by atoms with Crippen LogP contribution in [0, 0.1) is 0 Å². The molecular formula is C22H22F3N3O4. The molecule has 7 nitrogen and oxygen atoms in total. The highest BCUT2D eigenvalue weighted by Crippen LogP contribution is 2.24. The maximum atomic E-state index is 12.2. The van der Waals surface area contributed by atoms with Crippen LogP contribution in [0.2, 0.25) is 0 Å². The van der Waals surface area contributed by atoms with Crippen molar-refractivity contribution < 1.29 is 32.0 Å². The van der Waals surface area contributed by atoms with Crippen LogP contribution in [0.25, 0.3) is 11.4 Å². The molecule has 0 aliphatic rings. The second kappa shape index (κ2) is 10.2. The molecule has 0 aliphatic heterocycles. The molecule has 2 aromatic carbocycles. The third-order valence-corrected chi connectivity index (χ3v) is 4.60. The number of carbonyl (C=O) groups excluding carboxylic acids is 1. The van der Waals surface area contributed by atoms with E-state index in [0.29, 0.717) is 30.1 Å². The third-order valence-electron chi connectivity index (χ3n) is 4.60. The third kappa shape index (κ3) is 6.73. The number of nitrogens with zero attached hydrogens (tertiary/aromatic N) is 2. The summed E-state index contributed by atoms with van der Waals surface area (Å²) >= 11 is 0. The Hall–Kier alpha value is -3.56. The molecule has 1 heterocycles. The van der Waals surface area contributed by atoms with Gasteiger partial charge in [-0.1, -0.05) is 17.3 Å². The Kier molecular flexibility index (Phi) is 7.34. The highest BCUT2D eigenvalue weighted by Gasteiger charge is 2.31. The SMILES string of the molecule is COc1ccc(-c2noc(CCCC(=O)NC(C)c3ccc(OC(F)(F)F)cc3)n2)cc1. The summed E-state index contributed by atoms with van der Waals surface area (Å²) < 4.78 is 50.9. The van der Waals surface area contributed by atoms with Crippen LogP contribution in [0.5, 0.6) is 11.5 Å². The van der Waals surface area contributed by atoms with Gasteiger partial charge in [0.05, 0.1) is 13.2 Å². The Bertz CT molecular complexity index is 1020. The van der Waals surface area contributed by atoms with Gasteiger partial charge >= 0.3 is 6.36 Å². The smallest absolute Gasteiger partial charge is 0.497 e. The van der Waals surface area contributed by atoms with Gasteiger partial charge in [0.25, 0.3) is 0 Å². The van der Waals surface area contributed by atoms with E-state index < -0.39 is 6.36 Å². The lowest BCUT2D eigenvalue weighted by molar-refractivity contribution is -0.274. The fourth-order valence-corrected chi connectivity index (χ4v) is 2.97. The van der Waals surface area contributed by atoms with Crippen molar-refractivity contribution in [2.75, 3.05) is 7.11 Å². The summed E-state index contributed by atoms with van der Waals surface area (Å²) in [6.07, 6.45) is -3.56. The lowest BCUT2D eigenvalue weighted by atomic mass is 10.1. The van der Waals surface area contributed by atoms with E-state index in [9.17, 15) is 18.0 Å². The second-order valence-corrected chi connectivity index (χ2v) is 7.00. The number of hydrogen-bond acceptors (Lipinski definition) is 6. The predicted molar refractivity (Wildman–Crippen MR) is 109 cm³/mol. The van der Waals surface area contributed by atoms with Gasteiger partial charge in [-0.25, -0.2) is 0 Å². The van der Waals surface area contributed by atoms with Gasteiger partial charge in [-0.05, 0) is 55.3 Å². The summed E-state index contributed by atoms with van der Waals surface area (Å²) in [6, 6.07) is 12.3. The predicted octanol–water partition coefficient (Wildman–Crippen LogP) is 4.84. The first-order valence-electron chi connectivity index (χ1n) is 9.85. The first kappa shape index (κ1) is 23.1. The zero-order chi connectivity index (χ0) is 23.1. The van der Waals surface area contributed by atoms with E-state index in [1.165, 1.54) is 24.3 Å². The van der Waals surface area contributed by atoms with Gasteiger partial charge in [-0.2, -0.15) is 4.98 Å². The summed E-state index contributed by atoms with van der Waals surface area (Å²) in [5.41, 5.74) is 1.45. The quantitative estimate of drug-likeness (QED) is 0.503. The summed E-state index contributed by atoms with van der Waals surface area (Å²) in [4.78, 5) is 16.5. The molecule has 0 saturated heterocycles. The molecule has 1 amide bonds. The molecule has 0 aliphatic carbocycles. The van der Waals surface area contributed by atoms with Crippen LogP contribution in [0.4, 0.5) is 13.2 Å². The van der Waals surface area contributed by atoms with E-state index >= 15 is 0 Å². The molecule has 0 spiro atoms. The maximum Gasteiger partial charge on any atom is 0.573 e. The molecule has 1 unspecified atom stereocenters. The first-order chi connectivity index (χ1) is 15.2. The van der Waals surface area contributed by atoms with Gasteiger partial charge < -0.3 is 19.3 Å². The van der Waals surface area contributed by atoms with Crippen molar-refractivity contribution in [2.45, 2.75) is 38.6 Å². The molecule has 0 radical (unpaired) electrons. The van der Waals surface area contributed by atoms with Gasteiger partial charge in [0.1, 0.15) is 11.5 Å². The monoisotopic (exact) mass is 449 g/mol. The Morgan fingerprint density at radius 1 is 1.09 bits per heavy atom. The van der Waals surface area contributed by atoms with Gasteiger partial charge in [0.15, 0.2) is 0 Å². The molecule has 1 atom stereocenters. The lowest BCUT2D eigenvalue weighted by Gasteiger charge is -2.15. The number of nitrogens with one attached hydrogen (secondary N) is 1. The normalized spacial score (nSPS) is 12.3. The van der Waals surface area contributed by atoms with Crippen LogP contribution in [0.15, 0.2) is 53.1 Å². The Labute approximate surface area is 182 Å². The summed E-state index contributed by atoms with van der Waals surface area (Å²) in [5, 5.41) is 6.76. The molecule has 1 aromatic heterocycles. The highest BCUT2D eigenvalue weighted by molar-refractivity contribution is 5.76. The average Bonchev–Trinajstić information content (AvgIpc) is 3.22. The van der Waals surface area contributed by atoms with Crippen molar-refractivity contribution in [3.63, 3.8) is 0 Å². The summed E-state index contributed by atoms with van der Waals surface area (Å²) in [6.45, 7) is 1.75. The minimum atomic E-state index is -4.74. The van der Waals surface area contributed by atoms with E-state index in [0.717, 1.165) is 11.3 Å². The number of carbonyl (C=O) groups is 1. The van der Waals surface area contributed by atoms with Gasteiger partial charge in [-0.3, -0.25) is 4.79 Å². The van der Waals surface area contributed by atoms with E-state index in [2.05, 4.69) is 20.2 Å². The maximum absolute atomic E-state index is 12.2. The molecule has 10 heteroatoms. The van der Waals surface area contributed by atoms with Gasteiger partial charge in [-0.15, -0.1) is 13.2 Å². The van der Waals surface area contributed by atoms with Crippen LogP contribution >= 0.6 is 0 Å². The summed E-state index contributed by atoms with van der Waals surface area (Å²) in [5.74, 6) is 1.11. The zero-order valence-electron chi connectivity index (χ0n) is 17.5. The topological polar surface area (TPSA) is 86.5 Å². The van der Waals surface area contributed by atoms with Crippen LogP contribution in [0.1, 0.15) is 37.3 Å². The number of methoxy groups -OCH3 is 1. The molecule has 32 heavy (non-hydrogen) atoms. The lowest BCUT2D eigenvalue weighted by Crippen LogP contribution is -2.26. The van der Waals surface area contributed by atoms with Crippen LogP contribution in [-0.2, 0) is 11.2 Å². The molecule has 0 saturated carbocycles. The Morgan fingerprint density at radius 3 is 2.38 bits per heavy atom. The van der Waals surface area contributed by atoms with Crippen molar-refractivity contribution in [1.82, 2.24) is 15.5 Å².